The monoisotopic (exact) mass is 1800 g/mol. The summed E-state index contributed by atoms with van der Waals surface area (Å²) < 4.78 is 39.4. The number of hydrogen-bond acceptors (Lipinski definition) is 19. The maximum absolute atomic E-state index is 14.7. The first-order chi connectivity index (χ1) is 57.1. The Morgan fingerprint density at radius 2 is 0.672 bits per heavy atom. The van der Waals surface area contributed by atoms with Crippen molar-refractivity contribution in [3.63, 3.8) is 0 Å². The quantitative estimate of drug-likeness (QED) is 0.0563. The number of carboxylic acid groups (broad SMARTS) is 1. The van der Waals surface area contributed by atoms with E-state index >= 15 is 0 Å². The van der Waals surface area contributed by atoms with Gasteiger partial charge in [0.15, 0.2) is 33.6 Å². The van der Waals surface area contributed by atoms with Gasteiger partial charge >= 0.3 is 5.97 Å². The van der Waals surface area contributed by atoms with Gasteiger partial charge in [0, 0.05) is 67.4 Å². The van der Waals surface area contributed by atoms with Crippen LogP contribution in [-0.4, -0.2) is 154 Å². The molecule has 8 N–H and O–H groups in total. The Labute approximate surface area is 717 Å². The maximum Gasteiger partial charge on any atom is 0.310 e. The molecule has 0 radical (unpaired) electrons. The number of methoxy groups -OCH3 is 3. The van der Waals surface area contributed by atoms with Gasteiger partial charge < -0.3 is 79.3 Å². The lowest BCUT2D eigenvalue weighted by Gasteiger charge is -2.41. The van der Waals surface area contributed by atoms with Gasteiger partial charge in [-0.05, 0) is 160 Å². The fourth-order valence-electron chi connectivity index (χ4n) is 23.4. The number of aliphatic hydroxyl groups is 6. The van der Waals surface area contributed by atoms with Crippen molar-refractivity contribution < 1.29 is 78.6 Å². The molecule has 119 heavy (non-hydrogen) atoms. The molecule has 22 nitrogen and oxygen atoms in total. The van der Waals surface area contributed by atoms with Gasteiger partial charge in [0.2, 0.25) is 11.8 Å². The Kier molecular flexibility index (Phi) is 22.3. The van der Waals surface area contributed by atoms with E-state index in [1.807, 2.05) is 125 Å². The van der Waals surface area contributed by atoms with Crippen LogP contribution in [0.3, 0.4) is 0 Å². The number of nitrogens with zero attached hydrogens (tertiary/aromatic N) is 5. The number of carbonyl (C=O) groups is 3. The molecule has 6 aromatic carbocycles. The number of aliphatic hydroxyl groups excluding tert-OH is 3. The normalized spacial score (nSPS) is 33.7. The van der Waals surface area contributed by atoms with E-state index < -0.39 is 93.4 Å². The molecule has 3 aromatic heterocycles. The van der Waals surface area contributed by atoms with E-state index in [-0.39, 0.29) is 60.5 Å². The topological polar surface area (TPSA) is 305 Å². The Hall–Kier alpha value is -8.86. The zero-order chi connectivity index (χ0) is 82.0. The lowest BCUT2D eigenvalue weighted by molar-refractivity contribution is -0.159. The van der Waals surface area contributed by atoms with Crippen molar-refractivity contribution >= 4 is 65.6 Å². The van der Waals surface area contributed by atoms with E-state index in [9.17, 15) is 50.1 Å². The Bertz CT molecular complexity index is 4990. The van der Waals surface area contributed by atoms with E-state index in [2.05, 4.69) is 68.1 Å². The first kappa shape index (κ1) is 82.5. The number of hydrogen-bond donors (Lipinski definition) is 8. The second kappa shape index (κ2) is 32.2. The third kappa shape index (κ3) is 12.5. The molecule has 622 valence electrons. The summed E-state index contributed by atoms with van der Waals surface area (Å²) in [4.78, 5) is 58.6. The fourth-order valence-corrected chi connectivity index (χ4v) is 24.2. The minimum absolute atomic E-state index is 0. The van der Waals surface area contributed by atoms with Crippen molar-refractivity contribution in [2.45, 2.75) is 210 Å². The average molecular weight is 1810 g/mol. The van der Waals surface area contributed by atoms with E-state index in [0.29, 0.717) is 56.4 Å². The number of nitrogens with one attached hydrogen (secondary N) is 1. The van der Waals surface area contributed by atoms with Crippen molar-refractivity contribution in [2.75, 3.05) is 21.3 Å². The molecule has 9 aromatic rings. The summed E-state index contributed by atoms with van der Waals surface area (Å²) in [6, 6.07) is 53.0. The van der Waals surface area contributed by atoms with Crippen molar-refractivity contribution in [3.8, 4) is 34.5 Å². The van der Waals surface area contributed by atoms with Gasteiger partial charge in [-0.2, -0.15) is 0 Å². The number of aliphatic carboxylic acids is 1. The third-order valence-electron chi connectivity index (χ3n) is 28.1. The summed E-state index contributed by atoms with van der Waals surface area (Å²) in [6.07, 6.45) is 21.7. The minimum Gasteiger partial charge on any atom is -0.495 e. The van der Waals surface area contributed by atoms with Crippen LogP contribution in [0.5, 0.6) is 34.5 Å². The lowest BCUT2D eigenvalue weighted by Crippen LogP contribution is -2.52. The highest BCUT2D eigenvalue weighted by atomic mass is 79.9. The van der Waals surface area contributed by atoms with E-state index in [1.54, 1.807) is 60.9 Å². The molecule has 6 saturated heterocycles. The van der Waals surface area contributed by atoms with Crippen molar-refractivity contribution in [1.29, 1.82) is 0 Å². The molecule has 9 fully saturated rings. The molecule has 0 spiro atoms. The molecule has 9 aliphatic heterocycles. The summed E-state index contributed by atoms with van der Waals surface area (Å²) >= 11 is 10.5. The van der Waals surface area contributed by atoms with Crippen LogP contribution in [0.4, 0.5) is 0 Å². The number of benzene rings is 6. The highest BCUT2D eigenvalue weighted by Gasteiger charge is 2.82. The highest BCUT2D eigenvalue weighted by molar-refractivity contribution is 9.11. The van der Waals surface area contributed by atoms with Crippen LogP contribution in [0.15, 0.2) is 214 Å². The number of ether oxygens (including phenoxy) is 6. The number of carboxylic acids is 1. The number of pyridine rings is 3. The summed E-state index contributed by atoms with van der Waals surface area (Å²) in [5, 5.41) is 88.2. The van der Waals surface area contributed by atoms with Gasteiger partial charge in [0.25, 0.3) is 0 Å². The second-order valence-electron chi connectivity index (χ2n) is 33.6. The number of fused-ring (bicyclic) bond motifs is 15. The van der Waals surface area contributed by atoms with Crippen LogP contribution >= 0.6 is 47.8 Å². The van der Waals surface area contributed by atoms with Gasteiger partial charge in [-0.3, -0.25) is 29.3 Å². The molecule has 12 aliphatic rings. The number of amides is 2. The standard InChI is InChI=1S/2C31H31BrN2O5.C24H20BrNO6.C7H13N.CH4/c2*1-38-23-16-33-17-24-27(23)30(37)28(35)25(29(36)34-21-8-5-9-22(34)15-14-21)26(18-6-3-2-4-7-18)31(30,39-24)19-10-12-20(32)13-11-19;1-31-16-11-26-12-17-20(16)23(30)21(27)18(22(28)29)19(13-5-3-2-4-6-13)24(23,32-17)14-7-9-15(25)10-8-14;1-2-6-4-5-7(3-1)8-6;/h2*2-4,6-7,10-13,16-17,21-22,25-26,28,35,37H,5,8-9,14-15H2,1H3;2-12,18-19,21,27,30H,1H3,(H,28,29);6-8H,1-5H2;1H4/t2*21-,22+,25-,26-,28-,30+,31+;18-,19-,21-,23+,24+;6-,7+;/m111../s1. The molecule has 21 rings (SSSR count). The van der Waals surface area contributed by atoms with Crippen LogP contribution in [-0.2, 0) is 48.0 Å². The number of carbonyl (C=O) groups excluding carboxylic acids is 2. The zero-order valence-corrected chi connectivity index (χ0v) is 70.3. The van der Waals surface area contributed by atoms with Gasteiger partial charge in [-0.15, -0.1) is 0 Å². The molecular weight excluding hydrogens is 1710 g/mol. The number of aromatic nitrogens is 3. The third-order valence-corrected chi connectivity index (χ3v) is 29.7. The highest BCUT2D eigenvalue weighted by Crippen LogP contribution is 2.74. The first-order valence-electron chi connectivity index (χ1n) is 41.1. The number of rotatable bonds is 12. The Morgan fingerprint density at radius 3 is 0.950 bits per heavy atom. The molecule has 0 unspecified atom stereocenters. The summed E-state index contributed by atoms with van der Waals surface area (Å²) in [7, 11) is 4.43. The summed E-state index contributed by atoms with van der Waals surface area (Å²) in [5.41, 5.74) is -5.80. The molecule has 3 saturated carbocycles. The van der Waals surface area contributed by atoms with Crippen LogP contribution < -0.4 is 33.7 Å². The van der Waals surface area contributed by atoms with Gasteiger partial charge in [0.1, 0.15) is 52.8 Å². The second-order valence-corrected chi connectivity index (χ2v) is 36.3. The summed E-state index contributed by atoms with van der Waals surface area (Å²) in [6.45, 7) is 0. The molecule has 21 atom stereocenters. The largest absolute Gasteiger partial charge is 0.495 e. The Balaban J connectivity index is 0.000000121. The molecular formula is C94H99Br3N6O16. The van der Waals surface area contributed by atoms with E-state index in [1.165, 1.54) is 78.2 Å². The molecule has 3 aliphatic carbocycles. The van der Waals surface area contributed by atoms with Crippen molar-refractivity contribution in [2.24, 2.45) is 17.8 Å². The summed E-state index contributed by atoms with van der Waals surface area (Å²) in [5.74, 6) is -5.23. The molecule has 25 heteroatoms. The van der Waals surface area contributed by atoms with Crippen molar-refractivity contribution in [1.82, 2.24) is 30.1 Å². The number of halogens is 3. The van der Waals surface area contributed by atoms with Crippen LogP contribution in [0.1, 0.15) is 172 Å². The van der Waals surface area contributed by atoms with Crippen LogP contribution in [0.25, 0.3) is 0 Å². The van der Waals surface area contributed by atoms with Crippen LogP contribution in [0, 0.1) is 17.8 Å². The minimum atomic E-state index is -2.12. The smallest absolute Gasteiger partial charge is 0.310 e. The molecule has 2 amide bonds. The van der Waals surface area contributed by atoms with Gasteiger partial charge in [-0.1, -0.05) is 189 Å². The van der Waals surface area contributed by atoms with Crippen molar-refractivity contribution in [3.05, 3.63) is 264 Å². The average Bonchev–Trinajstić information content (AvgIpc) is 1.50. The zero-order valence-electron chi connectivity index (χ0n) is 65.5. The predicted molar refractivity (Wildman–Crippen MR) is 453 cm³/mol. The predicted octanol–water partition coefficient (Wildman–Crippen LogP) is 14.4. The van der Waals surface area contributed by atoms with Gasteiger partial charge in [0.05, 0.1) is 93.0 Å². The lowest BCUT2D eigenvalue weighted by atomic mass is 9.70. The van der Waals surface area contributed by atoms with E-state index in [0.717, 1.165) is 101 Å². The SMILES string of the molecule is C.C1C[C@@H]2CC[C@H](C1)N2.COc1cncc2c1[C@]1(O)[C@H](O)[C@H](C(=O)N3[C@@H]4CCC[C@H]3CC4)[C@@H](c3ccccc3)[C@]1(c1ccc(Br)cc1)O2.COc1cncc2c1[C@]1(O)[C@H](O)[C@H](C(=O)N3[C@@H]4CCC[C@H]3CC4)[C@@H](c3ccccc3)[C@]1(c1ccc(Br)cc1)O2.COc1cncc2c1[C@]1(O)[C@H](O)[C@H](C(=O)O)[C@@H](c3ccccc3)[C@]1(c1ccc(Br)cc1)O2. The van der Waals surface area contributed by atoms with Crippen LogP contribution in [0.2, 0.25) is 0 Å². The fraction of sp³-hybridized carbons (Fsp3) is 0.426. The Morgan fingerprint density at radius 1 is 0.395 bits per heavy atom. The maximum atomic E-state index is 14.7. The molecule has 6 bridgehead atoms. The molecule has 12 heterocycles. The number of piperidine rings is 3. The van der Waals surface area contributed by atoms with Gasteiger partial charge in [-0.25, -0.2) is 0 Å². The van der Waals surface area contributed by atoms with E-state index in [4.69, 9.17) is 28.4 Å². The first-order valence-corrected chi connectivity index (χ1v) is 43.4.